The number of benzene rings is 1. The Hall–Kier alpha value is -2.42. The van der Waals surface area contributed by atoms with Crippen LogP contribution in [0, 0.1) is 17.5 Å². The minimum Gasteiger partial charge on any atom is -0.337 e. The molecule has 9 heteroatoms. The van der Waals surface area contributed by atoms with E-state index in [1.54, 1.807) is 4.90 Å². The van der Waals surface area contributed by atoms with E-state index in [2.05, 4.69) is 10.1 Å². The second-order valence-corrected chi connectivity index (χ2v) is 7.89. The molecule has 2 aliphatic rings. The normalized spacial score (nSPS) is 20.7. The number of aromatic nitrogens is 2. The van der Waals surface area contributed by atoms with E-state index in [1.165, 1.54) is 6.42 Å². The zero-order valence-electron chi connectivity index (χ0n) is 15.9. The van der Waals surface area contributed by atoms with Crippen LogP contribution in [0.3, 0.4) is 0 Å². The third-order valence-electron chi connectivity index (χ3n) is 5.79. The van der Waals surface area contributed by atoms with Crippen molar-refractivity contribution in [1.29, 1.82) is 0 Å². The molecule has 1 amide bonds. The molecule has 2 heterocycles. The standard InChI is InChI=1S/C20H23F3N4O2/c21-14-10-16(23)15(22)8-12(14)7-13(24)9-18(28)27-6-2-5-17(27)20-25-19(26-29-20)11-3-1-4-11/h8,10-11,13,17H,1-7,9,24H2/t13-,17+/m1/s1. The second kappa shape index (κ2) is 8.14. The van der Waals surface area contributed by atoms with Crippen LogP contribution in [0.15, 0.2) is 16.7 Å². The molecule has 0 unspecified atom stereocenters. The lowest BCUT2D eigenvalue weighted by molar-refractivity contribution is -0.132. The number of amides is 1. The van der Waals surface area contributed by atoms with Gasteiger partial charge in [-0.3, -0.25) is 4.79 Å². The molecule has 2 fully saturated rings. The molecule has 1 aromatic carbocycles. The second-order valence-electron chi connectivity index (χ2n) is 7.89. The van der Waals surface area contributed by atoms with Crippen LogP contribution in [0.5, 0.6) is 0 Å². The zero-order valence-corrected chi connectivity index (χ0v) is 15.9. The number of carbonyl (C=O) groups excluding carboxylic acids is 1. The van der Waals surface area contributed by atoms with Crippen molar-refractivity contribution in [3.05, 3.63) is 46.9 Å². The molecular weight excluding hydrogens is 385 g/mol. The van der Waals surface area contributed by atoms with Crippen LogP contribution >= 0.6 is 0 Å². The van der Waals surface area contributed by atoms with Crippen molar-refractivity contribution in [3.8, 4) is 0 Å². The highest BCUT2D eigenvalue weighted by Crippen LogP contribution is 2.37. The summed E-state index contributed by atoms with van der Waals surface area (Å²) in [5.41, 5.74) is 5.95. The third-order valence-corrected chi connectivity index (χ3v) is 5.79. The van der Waals surface area contributed by atoms with Gasteiger partial charge in [0, 0.05) is 31.0 Å². The van der Waals surface area contributed by atoms with Gasteiger partial charge in [0.15, 0.2) is 17.5 Å². The van der Waals surface area contributed by atoms with Gasteiger partial charge in [0.2, 0.25) is 11.8 Å². The van der Waals surface area contributed by atoms with Crippen LogP contribution < -0.4 is 5.73 Å². The maximum atomic E-state index is 13.8. The Bertz CT molecular complexity index is 900. The lowest BCUT2D eigenvalue weighted by atomic mass is 9.85. The Morgan fingerprint density at radius 1 is 1.17 bits per heavy atom. The summed E-state index contributed by atoms with van der Waals surface area (Å²) in [7, 11) is 0. The molecule has 0 bridgehead atoms. The van der Waals surface area contributed by atoms with Crippen LogP contribution in [0.25, 0.3) is 0 Å². The third kappa shape index (κ3) is 4.14. The van der Waals surface area contributed by atoms with Crippen molar-refractivity contribution in [3.63, 3.8) is 0 Å². The average molecular weight is 408 g/mol. The summed E-state index contributed by atoms with van der Waals surface area (Å²) in [4.78, 5) is 18.9. The molecule has 156 valence electrons. The van der Waals surface area contributed by atoms with Crippen LogP contribution in [0.1, 0.15) is 67.8 Å². The van der Waals surface area contributed by atoms with Gasteiger partial charge >= 0.3 is 0 Å². The molecule has 2 atom stereocenters. The number of likely N-dealkylation sites (tertiary alicyclic amines) is 1. The number of nitrogens with zero attached hydrogens (tertiary/aromatic N) is 3. The molecule has 0 spiro atoms. The van der Waals surface area contributed by atoms with Gasteiger partial charge in [-0.05, 0) is 43.7 Å². The number of rotatable bonds is 6. The first-order valence-electron chi connectivity index (χ1n) is 9.94. The van der Waals surface area contributed by atoms with E-state index >= 15 is 0 Å². The topological polar surface area (TPSA) is 85.3 Å². The molecule has 4 rings (SSSR count). The summed E-state index contributed by atoms with van der Waals surface area (Å²) in [5, 5.41) is 4.06. The molecule has 2 N–H and O–H groups in total. The first-order chi connectivity index (χ1) is 13.9. The van der Waals surface area contributed by atoms with Gasteiger partial charge in [-0.15, -0.1) is 0 Å². The summed E-state index contributed by atoms with van der Waals surface area (Å²) in [6, 6.07) is 0.270. The Morgan fingerprint density at radius 3 is 2.66 bits per heavy atom. The molecule has 1 aliphatic heterocycles. The molecule has 1 aromatic heterocycles. The minimum atomic E-state index is -1.25. The van der Waals surface area contributed by atoms with Crippen molar-refractivity contribution in [2.75, 3.05) is 6.54 Å². The predicted octanol–water partition coefficient (Wildman–Crippen LogP) is 3.38. The summed E-state index contributed by atoms with van der Waals surface area (Å²) < 4.78 is 45.7. The van der Waals surface area contributed by atoms with Gasteiger partial charge in [-0.1, -0.05) is 11.6 Å². The molecule has 2 aromatic rings. The number of hydrogen-bond acceptors (Lipinski definition) is 5. The van der Waals surface area contributed by atoms with E-state index in [9.17, 15) is 18.0 Å². The largest absolute Gasteiger partial charge is 0.337 e. The summed E-state index contributed by atoms with van der Waals surface area (Å²) in [6.45, 7) is 0.552. The van der Waals surface area contributed by atoms with E-state index in [1.807, 2.05) is 0 Å². The number of carbonyl (C=O) groups is 1. The van der Waals surface area contributed by atoms with Crippen molar-refractivity contribution >= 4 is 5.91 Å². The number of nitrogens with two attached hydrogens (primary N) is 1. The van der Waals surface area contributed by atoms with Crippen molar-refractivity contribution < 1.29 is 22.5 Å². The Labute approximate surface area is 166 Å². The van der Waals surface area contributed by atoms with Crippen LogP contribution in [-0.4, -0.2) is 33.5 Å². The van der Waals surface area contributed by atoms with Crippen molar-refractivity contribution in [1.82, 2.24) is 15.0 Å². The van der Waals surface area contributed by atoms with E-state index < -0.39 is 23.5 Å². The van der Waals surface area contributed by atoms with Crippen LogP contribution in [-0.2, 0) is 11.2 Å². The molecule has 0 radical (unpaired) electrons. The smallest absolute Gasteiger partial charge is 0.249 e. The quantitative estimate of drug-likeness (QED) is 0.741. The maximum absolute atomic E-state index is 13.8. The molecule has 6 nitrogen and oxygen atoms in total. The van der Waals surface area contributed by atoms with Crippen molar-refractivity contribution in [2.24, 2.45) is 5.73 Å². The molecule has 29 heavy (non-hydrogen) atoms. The number of hydrogen-bond donors (Lipinski definition) is 1. The average Bonchev–Trinajstić information content (AvgIpc) is 3.27. The van der Waals surface area contributed by atoms with E-state index in [0.717, 1.165) is 31.7 Å². The van der Waals surface area contributed by atoms with Crippen molar-refractivity contribution in [2.45, 2.75) is 62.9 Å². The lowest BCUT2D eigenvalue weighted by Crippen LogP contribution is -2.36. The maximum Gasteiger partial charge on any atom is 0.249 e. The predicted molar refractivity (Wildman–Crippen MR) is 97.2 cm³/mol. The Morgan fingerprint density at radius 2 is 1.93 bits per heavy atom. The van der Waals surface area contributed by atoms with Gasteiger partial charge in [-0.2, -0.15) is 4.98 Å². The SMILES string of the molecule is N[C@@H](CC(=O)N1CCC[C@H]1c1nc(C2CCC2)no1)Cc1cc(F)c(F)cc1F. The Balaban J connectivity index is 1.39. The minimum absolute atomic E-state index is 0.0431. The molecule has 1 saturated heterocycles. The highest BCUT2D eigenvalue weighted by molar-refractivity contribution is 5.77. The number of halogens is 3. The van der Waals surface area contributed by atoms with E-state index in [-0.39, 0.29) is 30.4 Å². The van der Waals surface area contributed by atoms with E-state index in [4.69, 9.17) is 10.3 Å². The molecule has 1 aliphatic carbocycles. The Kier molecular flexibility index (Phi) is 5.58. The fourth-order valence-corrected chi connectivity index (χ4v) is 3.95. The lowest BCUT2D eigenvalue weighted by Gasteiger charge is -2.24. The summed E-state index contributed by atoms with van der Waals surface area (Å²) in [5.74, 6) is -1.98. The highest BCUT2D eigenvalue weighted by atomic mass is 19.2. The zero-order chi connectivity index (χ0) is 20.5. The first kappa shape index (κ1) is 19.9. The van der Waals surface area contributed by atoms with Gasteiger partial charge in [0.1, 0.15) is 11.9 Å². The molecule has 1 saturated carbocycles. The molecular formula is C20H23F3N4O2. The highest BCUT2D eigenvalue weighted by Gasteiger charge is 2.35. The van der Waals surface area contributed by atoms with Gasteiger partial charge in [0.25, 0.3) is 0 Å². The van der Waals surface area contributed by atoms with Gasteiger partial charge in [-0.25, -0.2) is 13.2 Å². The van der Waals surface area contributed by atoms with Crippen LogP contribution in [0.2, 0.25) is 0 Å². The van der Waals surface area contributed by atoms with Gasteiger partial charge in [0.05, 0.1) is 0 Å². The monoisotopic (exact) mass is 408 g/mol. The van der Waals surface area contributed by atoms with E-state index in [0.29, 0.717) is 30.2 Å². The summed E-state index contributed by atoms with van der Waals surface area (Å²) in [6.07, 6.45) is 4.70. The van der Waals surface area contributed by atoms with Gasteiger partial charge < -0.3 is 15.2 Å². The van der Waals surface area contributed by atoms with Crippen LogP contribution in [0.4, 0.5) is 13.2 Å². The first-order valence-corrected chi connectivity index (χ1v) is 9.94. The summed E-state index contributed by atoms with van der Waals surface area (Å²) >= 11 is 0. The fraction of sp³-hybridized carbons (Fsp3) is 0.550. The fourth-order valence-electron chi connectivity index (χ4n) is 3.95.